The lowest BCUT2D eigenvalue weighted by molar-refractivity contribution is 0.501. The maximum absolute atomic E-state index is 6.11. The van der Waals surface area contributed by atoms with Gasteiger partial charge in [0.15, 0.2) is 0 Å². The van der Waals surface area contributed by atoms with Crippen LogP contribution in [-0.4, -0.2) is 0 Å². The van der Waals surface area contributed by atoms with E-state index in [1.54, 1.807) is 0 Å². The van der Waals surface area contributed by atoms with Crippen LogP contribution in [0.25, 0.3) is 0 Å². The normalized spacial score (nSPS) is 22.0. The fourth-order valence-corrected chi connectivity index (χ4v) is 2.19. The van der Waals surface area contributed by atoms with Crippen molar-refractivity contribution in [1.29, 1.82) is 0 Å². The molecular weight excluding hydrogens is 168 g/mol. The molecule has 0 spiro atoms. The van der Waals surface area contributed by atoms with Crippen LogP contribution in [0.15, 0.2) is 18.2 Å². The first-order valence-electron chi connectivity index (χ1n) is 4.53. The lowest BCUT2D eigenvalue weighted by Gasteiger charge is -2.21. The SMILES string of the molecule is CC1CCc2cccc(Cl)c2C1. The molecule has 0 N–H and O–H groups in total. The molecule has 1 atom stereocenters. The lowest BCUT2D eigenvalue weighted by atomic mass is 9.85. The molecule has 0 saturated heterocycles. The van der Waals surface area contributed by atoms with E-state index in [9.17, 15) is 0 Å². The van der Waals surface area contributed by atoms with E-state index in [4.69, 9.17) is 11.6 Å². The molecule has 0 heterocycles. The van der Waals surface area contributed by atoms with Gasteiger partial charge in [0.1, 0.15) is 0 Å². The highest BCUT2D eigenvalue weighted by molar-refractivity contribution is 6.31. The minimum atomic E-state index is 0.803. The summed E-state index contributed by atoms with van der Waals surface area (Å²) in [7, 11) is 0. The molecule has 1 aromatic rings. The molecule has 1 unspecified atom stereocenters. The van der Waals surface area contributed by atoms with Gasteiger partial charge in [-0.2, -0.15) is 0 Å². The monoisotopic (exact) mass is 180 g/mol. The van der Waals surface area contributed by atoms with Gasteiger partial charge in [0.2, 0.25) is 0 Å². The van der Waals surface area contributed by atoms with Gasteiger partial charge in [-0.25, -0.2) is 0 Å². The minimum absolute atomic E-state index is 0.803. The average Bonchev–Trinajstić information content (AvgIpc) is 2.07. The zero-order valence-electron chi connectivity index (χ0n) is 7.31. The molecule has 2 rings (SSSR count). The summed E-state index contributed by atoms with van der Waals surface area (Å²) in [6, 6.07) is 6.25. The van der Waals surface area contributed by atoms with Gasteiger partial charge in [0.05, 0.1) is 0 Å². The number of rotatable bonds is 0. The Bertz CT molecular complexity index is 291. The van der Waals surface area contributed by atoms with Crippen LogP contribution in [0.3, 0.4) is 0 Å². The molecule has 0 aromatic heterocycles. The molecule has 1 aliphatic rings. The van der Waals surface area contributed by atoms with Crippen LogP contribution in [-0.2, 0) is 12.8 Å². The van der Waals surface area contributed by atoms with Crippen LogP contribution in [0.4, 0.5) is 0 Å². The van der Waals surface area contributed by atoms with Crippen molar-refractivity contribution in [3.63, 3.8) is 0 Å². The maximum Gasteiger partial charge on any atom is 0.0440 e. The summed E-state index contributed by atoms with van der Waals surface area (Å²) in [4.78, 5) is 0. The number of halogens is 1. The summed E-state index contributed by atoms with van der Waals surface area (Å²) in [5, 5.41) is 0.957. The first-order valence-corrected chi connectivity index (χ1v) is 4.91. The van der Waals surface area contributed by atoms with E-state index >= 15 is 0 Å². The largest absolute Gasteiger partial charge is 0.0840 e. The fraction of sp³-hybridized carbons (Fsp3) is 0.455. The summed E-state index contributed by atoms with van der Waals surface area (Å²) in [5.41, 5.74) is 2.85. The second-order valence-corrected chi connectivity index (χ2v) is 4.13. The number of fused-ring (bicyclic) bond motifs is 1. The summed E-state index contributed by atoms with van der Waals surface area (Å²) in [6.07, 6.45) is 3.68. The third-order valence-electron chi connectivity index (χ3n) is 2.67. The Labute approximate surface area is 78.6 Å². The van der Waals surface area contributed by atoms with Crippen LogP contribution in [0.1, 0.15) is 24.5 Å². The molecule has 0 aliphatic heterocycles. The van der Waals surface area contributed by atoms with Gasteiger partial charge in [-0.3, -0.25) is 0 Å². The molecule has 1 aromatic carbocycles. The Balaban J connectivity index is 2.43. The van der Waals surface area contributed by atoms with Crippen molar-refractivity contribution < 1.29 is 0 Å². The van der Waals surface area contributed by atoms with Crippen molar-refractivity contribution in [3.8, 4) is 0 Å². The first-order chi connectivity index (χ1) is 5.77. The first kappa shape index (κ1) is 8.12. The van der Waals surface area contributed by atoms with E-state index in [2.05, 4.69) is 19.1 Å². The van der Waals surface area contributed by atoms with Crippen molar-refractivity contribution in [2.45, 2.75) is 26.2 Å². The van der Waals surface area contributed by atoms with E-state index < -0.39 is 0 Å². The molecule has 1 heteroatoms. The highest BCUT2D eigenvalue weighted by Crippen LogP contribution is 2.30. The van der Waals surface area contributed by atoms with Crippen molar-refractivity contribution in [2.75, 3.05) is 0 Å². The minimum Gasteiger partial charge on any atom is -0.0840 e. The van der Waals surface area contributed by atoms with Gasteiger partial charge in [-0.15, -0.1) is 0 Å². The molecular formula is C11H13Cl. The topological polar surface area (TPSA) is 0 Å². The van der Waals surface area contributed by atoms with Gasteiger partial charge in [0, 0.05) is 5.02 Å². The van der Waals surface area contributed by atoms with Crippen molar-refractivity contribution in [3.05, 3.63) is 34.3 Å². The molecule has 12 heavy (non-hydrogen) atoms. The van der Waals surface area contributed by atoms with Gasteiger partial charge in [-0.05, 0) is 42.4 Å². The van der Waals surface area contributed by atoms with Gasteiger partial charge >= 0.3 is 0 Å². The summed E-state index contributed by atoms with van der Waals surface area (Å²) in [6.45, 7) is 2.30. The Hall–Kier alpha value is -0.490. The number of benzene rings is 1. The van der Waals surface area contributed by atoms with E-state index in [0.29, 0.717) is 0 Å². The maximum atomic E-state index is 6.11. The second-order valence-electron chi connectivity index (χ2n) is 3.73. The number of hydrogen-bond acceptors (Lipinski definition) is 0. The van der Waals surface area contributed by atoms with E-state index in [1.165, 1.54) is 24.0 Å². The number of hydrogen-bond donors (Lipinski definition) is 0. The third-order valence-corrected chi connectivity index (χ3v) is 3.03. The molecule has 0 nitrogen and oxygen atoms in total. The smallest absolute Gasteiger partial charge is 0.0440 e. The van der Waals surface area contributed by atoms with Gasteiger partial charge in [-0.1, -0.05) is 30.7 Å². The zero-order chi connectivity index (χ0) is 8.55. The standard InChI is InChI=1S/C11H13Cl/c1-8-5-6-9-3-2-4-11(12)10(9)7-8/h2-4,8H,5-7H2,1H3. The third kappa shape index (κ3) is 1.36. The van der Waals surface area contributed by atoms with E-state index in [1.807, 2.05) is 6.07 Å². The Kier molecular flexibility index (Phi) is 2.10. The van der Waals surface area contributed by atoms with Crippen molar-refractivity contribution in [2.24, 2.45) is 5.92 Å². The van der Waals surface area contributed by atoms with Crippen LogP contribution in [0.5, 0.6) is 0 Å². The van der Waals surface area contributed by atoms with Crippen molar-refractivity contribution in [1.82, 2.24) is 0 Å². The second kappa shape index (κ2) is 3.10. The van der Waals surface area contributed by atoms with Crippen LogP contribution in [0.2, 0.25) is 5.02 Å². The quantitative estimate of drug-likeness (QED) is 0.574. The Morgan fingerprint density at radius 3 is 3.08 bits per heavy atom. The average molecular weight is 181 g/mol. The fourth-order valence-electron chi connectivity index (χ4n) is 1.92. The van der Waals surface area contributed by atoms with Crippen molar-refractivity contribution >= 4 is 11.6 Å². The highest BCUT2D eigenvalue weighted by atomic mass is 35.5. The zero-order valence-corrected chi connectivity index (χ0v) is 8.06. The van der Waals surface area contributed by atoms with E-state index in [-0.39, 0.29) is 0 Å². The van der Waals surface area contributed by atoms with Crippen LogP contribution < -0.4 is 0 Å². The van der Waals surface area contributed by atoms with Crippen LogP contribution >= 0.6 is 11.6 Å². The molecule has 0 saturated carbocycles. The highest BCUT2D eigenvalue weighted by Gasteiger charge is 2.16. The molecule has 0 bridgehead atoms. The molecule has 0 radical (unpaired) electrons. The Morgan fingerprint density at radius 1 is 1.42 bits per heavy atom. The number of aryl methyl sites for hydroxylation is 1. The van der Waals surface area contributed by atoms with Gasteiger partial charge < -0.3 is 0 Å². The van der Waals surface area contributed by atoms with Crippen LogP contribution in [0, 0.1) is 5.92 Å². The summed E-state index contributed by atoms with van der Waals surface area (Å²) >= 11 is 6.11. The van der Waals surface area contributed by atoms with E-state index in [0.717, 1.165) is 17.4 Å². The molecule has 0 amide bonds. The molecule has 0 fully saturated rings. The molecule has 64 valence electrons. The predicted octanol–water partition coefficient (Wildman–Crippen LogP) is 3.46. The summed E-state index contributed by atoms with van der Waals surface area (Å²) < 4.78 is 0. The Morgan fingerprint density at radius 2 is 2.25 bits per heavy atom. The molecule has 1 aliphatic carbocycles. The van der Waals surface area contributed by atoms with Gasteiger partial charge in [0.25, 0.3) is 0 Å². The predicted molar refractivity (Wildman–Crippen MR) is 52.6 cm³/mol. The lowest BCUT2D eigenvalue weighted by Crippen LogP contribution is -2.11. The summed E-state index contributed by atoms with van der Waals surface area (Å²) in [5.74, 6) is 0.803.